The lowest BCUT2D eigenvalue weighted by Gasteiger charge is -2.20. The Hall–Kier alpha value is -2.70. The van der Waals surface area contributed by atoms with Crippen LogP contribution in [-0.4, -0.2) is 51.5 Å². The fourth-order valence-electron chi connectivity index (χ4n) is 4.73. The smallest absolute Gasteiger partial charge is 0.270 e. The molecule has 7 heteroatoms. The van der Waals surface area contributed by atoms with Crippen molar-refractivity contribution in [2.24, 2.45) is 13.0 Å². The molecule has 2 aromatic rings. The number of carbonyl (C=O) groups excluding carboxylic acids is 1. The maximum atomic E-state index is 13.0. The minimum atomic E-state index is -0.159. The van der Waals surface area contributed by atoms with E-state index in [1.165, 1.54) is 29.0 Å². The van der Waals surface area contributed by atoms with Crippen LogP contribution in [0.5, 0.6) is 0 Å². The van der Waals surface area contributed by atoms with Gasteiger partial charge in [0.1, 0.15) is 5.69 Å². The molecule has 1 amide bonds. The first kappa shape index (κ1) is 16.5. The molecule has 4 heterocycles. The number of anilines is 1. The predicted molar refractivity (Wildman–Crippen MR) is 101 cm³/mol. The van der Waals surface area contributed by atoms with E-state index in [9.17, 15) is 9.59 Å². The lowest BCUT2D eigenvalue weighted by Crippen LogP contribution is -2.34. The summed E-state index contributed by atoms with van der Waals surface area (Å²) in [5.74, 6) is 1.43. The number of aromatic nitrogens is 3. The molecule has 2 saturated heterocycles. The van der Waals surface area contributed by atoms with Crippen molar-refractivity contribution in [3.8, 4) is 0 Å². The maximum Gasteiger partial charge on any atom is 0.270 e. The highest BCUT2D eigenvalue weighted by atomic mass is 16.2. The zero-order valence-electron chi connectivity index (χ0n) is 15.5. The molecular weight excluding hydrogens is 342 g/mol. The number of likely N-dealkylation sites (tertiary alicyclic amines) is 1. The van der Waals surface area contributed by atoms with Crippen molar-refractivity contribution in [1.29, 1.82) is 0 Å². The molecule has 3 aliphatic rings. The molecule has 0 bridgehead atoms. The van der Waals surface area contributed by atoms with Gasteiger partial charge in [-0.15, -0.1) is 0 Å². The van der Waals surface area contributed by atoms with Crippen LogP contribution in [0.1, 0.15) is 40.5 Å². The third-order valence-electron chi connectivity index (χ3n) is 6.24. The van der Waals surface area contributed by atoms with E-state index in [4.69, 9.17) is 4.98 Å². The minimum Gasteiger partial charge on any atom is -0.341 e. The molecule has 0 saturated carbocycles. The molecule has 0 N–H and O–H groups in total. The largest absolute Gasteiger partial charge is 0.341 e. The van der Waals surface area contributed by atoms with E-state index < -0.39 is 0 Å². The van der Waals surface area contributed by atoms with Gasteiger partial charge in [-0.25, -0.2) is 9.97 Å². The van der Waals surface area contributed by atoms with Gasteiger partial charge in [0.25, 0.3) is 11.5 Å². The fraction of sp³-hybridized carbons (Fsp3) is 0.500. The highest BCUT2D eigenvalue weighted by Gasteiger charge is 2.43. The van der Waals surface area contributed by atoms with Crippen LogP contribution in [0, 0.1) is 5.92 Å². The molecule has 140 valence electrons. The number of hydrogen-bond acceptors (Lipinski definition) is 5. The first-order valence-corrected chi connectivity index (χ1v) is 9.68. The number of nitrogens with zero attached hydrogens (tertiary/aromatic N) is 5. The highest BCUT2D eigenvalue weighted by molar-refractivity contribution is 5.92. The SMILES string of the molecule is Cn1c(C(=O)N2CC3Cc4cnc(N5CCCC5)nc4C3C2)cccc1=O. The average molecular weight is 365 g/mol. The molecule has 2 fully saturated rings. The van der Waals surface area contributed by atoms with Gasteiger partial charge >= 0.3 is 0 Å². The number of hydrogen-bond donors (Lipinski definition) is 0. The van der Waals surface area contributed by atoms with Crippen LogP contribution in [0.3, 0.4) is 0 Å². The van der Waals surface area contributed by atoms with Gasteiger partial charge in [0.05, 0.1) is 5.69 Å². The van der Waals surface area contributed by atoms with E-state index in [2.05, 4.69) is 9.88 Å². The Morgan fingerprint density at radius 2 is 2.00 bits per heavy atom. The van der Waals surface area contributed by atoms with E-state index in [1.807, 2.05) is 11.1 Å². The van der Waals surface area contributed by atoms with E-state index in [0.717, 1.165) is 31.2 Å². The van der Waals surface area contributed by atoms with Crippen molar-refractivity contribution >= 4 is 11.9 Å². The van der Waals surface area contributed by atoms with Gasteiger partial charge in [-0.3, -0.25) is 9.59 Å². The maximum absolute atomic E-state index is 13.0. The molecule has 2 atom stereocenters. The van der Waals surface area contributed by atoms with Crippen molar-refractivity contribution in [3.05, 3.63) is 51.7 Å². The Bertz CT molecular complexity index is 963. The summed E-state index contributed by atoms with van der Waals surface area (Å²) in [4.78, 5) is 38.4. The predicted octanol–water partition coefficient (Wildman–Crippen LogP) is 1.19. The van der Waals surface area contributed by atoms with Crippen LogP contribution in [0.25, 0.3) is 0 Å². The molecule has 2 unspecified atom stereocenters. The minimum absolute atomic E-state index is 0.0695. The summed E-state index contributed by atoms with van der Waals surface area (Å²) in [6.45, 7) is 3.43. The van der Waals surface area contributed by atoms with Crippen molar-refractivity contribution in [3.63, 3.8) is 0 Å². The van der Waals surface area contributed by atoms with Crippen LogP contribution < -0.4 is 10.5 Å². The second-order valence-electron chi connectivity index (χ2n) is 7.86. The summed E-state index contributed by atoms with van der Waals surface area (Å²) in [5.41, 5.74) is 2.64. The third kappa shape index (κ3) is 2.64. The first-order chi connectivity index (χ1) is 13.1. The van der Waals surface area contributed by atoms with Gasteiger partial charge in [0.15, 0.2) is 0 Å². The van der Waals surface area contributed by atoms with Crippen LogP contribution in [0.4, 0.5) is 5.95 Å². The normalized spacial score (nSPS) is 23.6. The molecule has 7 nitrogen and oxygen atoms in total. The zero-order valence-corrected chi connectivity index (χ0v) is 15.5. The van der Waals surface area contributed by atoms with Crippen LogP contribution in [-0.2, 0) is 13.5 Å². The van der Waals surface area contributed by atoms with Crippen LogP contribution >= 0.6 is 0 Å². The molecule has 1 aliphatic carbocycles. The quantitative estimate of drug-likeness (QED) is 0.799. The van der Waals surface area contributed by atoms with Gasteiger partial charge in [-0.1, -0.05) is 6.07 Å². The monoisotopic (exact) mass is 365 g/mol. The number of fused-ring (bicyclic) bond motifs is 3. The Morgan fingerprint density at radius 3 is 2.81 bits per heavy atom. The summed E-state index contributed by atoms with van der Waals surface area (Å²) in [6, 6.07) is 4.85. The molecule has 2 aromatic heterocycles. The van der Waals surface area contributed by atoms with E-state index in [1.54, 1.807) is 19.2 Å². The Labute approximate surface area is 157 Å². The van der Waals surface area contributed by atoms with Crippen molar-refractivity contribution in [1.82, 2.24) is 19.4 Å². The standard InChI is InChI=1S/C20H23N5O2/c1-23-16(5-4-6-17(23)26)19(27)25-11-14-9-13-10-21-20(24-7-2-3-8-24)22-18(13)15(14)12-25/h4-6,10,14-15H,2-3,7-9,11-12H2,1H3. The molecule has 5 rings (SSSR count). The Morgan fingerprint density at radius 1 is 1.19 bits per heavy atom. The molecule has 27 heavy (non-hydrogen) atoms. The lowest BCUT2D eigenvalue weighted by molar-refractivity contribution is 0.0774. The van der Waals surface area contributed by atoms with Gasteiger partial charge in [-0.05, 0) is 36.8 Å². The van der Waals surface area contributed by atoms with E-state index in [-0.39, 0.29) is 17.4 Å². The van der Waals surface area contributed by atoms with Gasteiger partial charge in [0, 0.05) is 51.4 Å². The summed E-state index contributed by atoms with van der Waals surface area (Å²) >= 11 is 0. The Kier molecular flexibility index (Phi) is 3.77. The second-order valence-corrected chi connectivity index (χ2v) is 7.86. The topological polar surface area (TPSA) is 71.3 Å². The summed E-state index contributed by atoms with van der Waals surface area (Å²) in [7, 11) is 1.65. The summed E-state index contributed by atoms with van der Waals surface area (Å²) < 4.78 is 1.43. The Balaban J connectivity index is 1.40. The summed E-state index contributed by atoms with van der Waals surface area (Å²) in [6.07, 6.45) is 5.31. The first-order valence-electron chi connectivity index (χ1n) is 9.68. The zero-order chi connectivity index (χ0) is 18.5. The third-order valence-corrected chi connectivity index (χ3v) is 6.24. The molecule has 2 aliphatic heterocycles. The summed E-state index contributed by atoms with van der Waals surface area (Å²) in [5, 5.41) is 0. The molecule has 0 aromatic carbocycles. The van der Waals surface area contributed by atoms with Gasteiger partial charge < -0.3 is 14.4 Å². The number of carbonyl (C=O) groups is 1. The van der Waals surface area contributed by atoms with Crippen molar-refractivity contribution in [2.45, 2.75) is 25.2 Å². The van der Waals surface area contributed by atoms with Gasteiger partial charge in [-0.2, -0.15) is 0 Å². The van der Waals surface area contributed by atoms with Crippen molar-refractivity contribution in [2.75, 3.05) is 31.1 Å². The van der Waals surface area contributed by atoms with E-state index >= 15 is 0 Å². The van der Waals surface area contributed by atoms with Crippen molar-refractivity contribution < 1.29 is 4.79 Å². The van der Waals surface area contributed by atoms with E-state index in [0.29, 0.717) is 24.7 Å². The lowest BCUT2D eigenvalue weighted by atomic mass is 9.99. The molecule has 0 radical (unpaired) electrons. The van der Waals surface area contributed by atoms with Crippen LogP contribution in [0.2, 0.25) is 0 Å². The second kappa shape index (κ2) is 6.18. The van der Waals surface area contributed by atoms with Crippen LogP contribution in [0.15, 0.2) is 29.2 Å². The molecular formula is C20H23N5O2. The number of amides is 1. The fourth-order valence-corrected chi connectivity index (χ4v) is 4.73. The van der Waals surface area contributed by atoms with Gasteiger partial charge in [0.2, 0.25) is 5.95 Å². The number of pyridine rings is 1. The number of rotatable bonds is 2. The highest BCUT2D eigenvalue weighted by Crippen LogP contribution is 2.42. The molecule has 0 spiro atoms. The average Bonchev–Trinajstić information content (AvgIpc) is 3.39.